The van der Waals surface area contributed by atoms with Crippen molar-refractivity contribution >= 4 is 46.9 Å². The van der Waals surface area contributed by atoms with Crippen molar-refractivity contribution in [3.05, 3.63) is 52.0 Å². The molecular weight excluding hydrogens is 417 g/mol. The van der Waals surface area contributed by atoms with Crippen LogP contribution in [0.3, 0.4) is 0 Å². The van der Waals surface area contributed by atoms with Crippen LogP contribution in [0, 0.1) is 0 Å². The van der Waals surface area contributed by atoms with Crippen LogP contribution in [0.1, 0.15) is 25.3 Å². The van der Waals surface area contributed by atoms with Gasteiger partial charge in [0.1, 0.15) is 6.42 Å². The van der Waals surface area contributed by atoms with Crippen molar-refractivity contribution in [3.8, 4) is 11.5 Å². The number of carbonyl (C=O) groups is 2. The molecule has 2 aromatic rings. The first-order valence-corrected chi connectivity index (χ1v) is 9.56. The Bertz CT molecular complexity index is 903. The van der Waals surface area contributed by atoms with Crippen LogP contribution in [0.4, 0.5) is 5.69 Å². The topological polar surface area (TPSA) is 89.0 Å². The largest absolute Gasteiger partial charge is 0.493 e. The number of hydrogen-bond donors (Lipinski definition) is 2. The third-order valence-corrected chi connectivity index (χ3v) is 4.32. The molecule has 0 fully saturated rings. The van der Waals surface area contributed by atoms with Crippen LogP contribution in [-0.2, 0) is 9.59 Å². The molecule has 0 bridgehead atoms. The maximum absolute atomic E-state index is 11.9. The van der Waals surface area contributed by atoms with E-state index in [9.17, 15) is 9.59 Å². The summed E-state index contributed by atoms with van der Waals surface area (Å²) in [6, 6.07) is 9.92. The fourth-order valence-electron chi connectivity index (χ4n) is 2.24. The SMILES string of the molecule is CCCOc1ccc(/C=N/NC(=O)CC(=O)Nc2ccc(Cl)c(Cl)c2)cc1OC. The number of methoxy groups -OCH3 is 1. The highest BCUT2D eigenvalue weighted by Crippen LogP contribution is 2.27. The second-order valence-corrected chi connectivity index (χ2v) is 6.72. The summed E-state index contributed by atoms with van der Waals surface area (Å²) < 4.78 is 10.9. The molecule has 2 amide bonds. The van der Waals surface area contributed by atoms with Gasteiger partial charge in [0, 0.05) is 5.69 Å². The molecule has 0 aliphatic heterocycles. The molecule has 7 nitrogen and oxygen atoms in total. The average molecular weight is 438 g/mol. The average Bonchev–Trinajstić information content (AvgIpc) is 2.69. The number of nitrogens with zero attached hydrogens (tertiary/aromatic N) is 1. The second kappa shape index (κ2) is 11.3. The zero-order valence-electron chi connectivity index (χ0n) is 16.0. The predicted octanol–water partition coefficient (Wildman–Crippen LogP) is 4.27. The molecule has 0 unspecified atom stereocenters. The fourth-order valence-corrected chi connectivity index (χ4v) is 2.54. The maximum atomic E-state index is 11.9. The number of hydrazone groups is 1. The molecule has 0 aliphatic rings. The Morgan fingerprint density at radius 2 is 1.86 bits per heavy atom. The van der Waals surface area contributed by atoms with Gasteiger partial charge in [-0.05, 0) is 48.4 Å². The number of amides is 2. The van der Waals surface area contributed by atoms with Crippen LogP contribution >= 0.6 is 23.2 Å². The Morgan fingerprint density at radius 3 is 2.55 bits per heavy atom. The van der Waals surface area contributed by atoms with Gasteiger partial charge in [0.2, 0.25) is 11.8 Å². The quantitative estimate of drug-likeness (QED) is 0.348. The molecule has 154 valence electrons. The smallest absolute Gasteiger partial charge is 0.249 e. The summed E-state index contributed by atoms with van der Waals surface area (Å²) >= 11 is 11.7. The van der Waals surface area contributed by atoms with Gasteiger partial charge in [-0.15, -0.1) is 0 Å². The van der Waals surface area contributed by atoms with Crippen LogP contribution in [0.5, 0.6) is 11.5 Å². The Hall–Kier alpha value is -2.77. The maximum Gasteiger partial charge on any atom is 0.249 e. The summed E-state index contributed by atoms with van der Waals surface area (Å²) in [5.74, 6) is 0.132. The van der Waals surface area contributed by atoms with Gasteiger partial charge in [-0.1, -0.05) is 30.1 Å². The molecule has 2 rings (SSSR count). The molecule has 0 aliphatic carbocycles. The van der Waals surface area contributed by atoms with E-state index >= 15 is 0 Å². The zero-order chi connectivity index (χ0) is 21.2. The lowest BCUT2D eigenvalue weighted by Crippen LogP contribution is -2.24. The molecular formula is C20H21Cl2N3O4. The number of nitrogens with one attached hydrogen (secondary N) is 2. The van der Waals surface area contributed by atoms with E-state index in [2.05, 4.69) is 15.8 Å². The third-order valence-electron chi connectivity index (χ3n) is 3.58. The van der Waals surface area contributed by atoms with Crippen molar-refractivity contribution in [3.63, 3.8) is 0 Å². The van der Waals surface area contributed by atoms with Gasteiger partial charge in [-0.25, -0.2) is 5.43 Å². The van der Waals surface area contributed by atoms with Crippen molar-refractivity contribution < 1.29 is 19.1 Å². The molecule has 0 saturated heterocycles. The van der Waals surface area contributed by atoms with E-state index < -0.39 is 18.2 Å². The molecule has 2 N–H and O–H groups in total. The highest BCUT2D eigenvalue weighted by Gasteiger charge is 2.10. The zero-order valence-corrected chi connectivity index (χ0v) is 17.5. The van der Waals surface area contributed by atoms with E-state index in [1.807, 2.05) is 6.92 Å². The van der Waals surface area contributed by atoms with E-state index in [0.29, 0.717) is 39.4 Å². The van der Waals surface area contributed by atoms with E-state index in [4.69, 9.17) is 32.7 Å². The van der Waals surface area contributed by atoms with Crippen molar-refractivity contribution in [2.45, 2.75) is 19.8 Å². The lowest BCUT2D eigenvalue weighted by Gasteiger charge is -2.10. The van der Waals surface area contributed by atoms with E-state index in [0.717, 1.165) is 6.42 Å². The second-order valence-electron chi connectivity index (χ2n) is 5.91. The summed E-state index contributed by atoms with van der Waals surface area (Å²) in [6.45, 7) is 2.60. The van der Waals surface area contributed by atoms with Crippen LogP contribution < -0.4 is 20.2 Å². The number of ether oxygens (including phenoxy) is 2. The molecule has 9 heteroatoms. The monoisotopic (exact) mass is 437 g/mol. The number of carbonyl (C=O) groups excluding carboxylic acids is 2. The van der Waals surface area contributed by atoms with Crippen LogP contribution in [0.2, 0.25) is 10.0 Å². The lowest BCUT2D eigenvalue weighted by atomic mass is 10.2. The van der Waals surface area contributed by atoms with Crippen LogP contribution in [0.25, 0.3) is 0 Å². The molecule has 0 saturated carbocycles. The number of rotatable bonds is 9. The predicted molar refractivity (Wildman–Crippen MR) is 114 cm³/mol. The van der Waals surface area contributed by atoms with Gasteiger partial charge in [0.25, 0.3) is 0 Å². The molecule has 0 aromatic heterocycles. The third kappa shape index (κ3) is 7.29. The van der Waals surface area contributed by atoms with E-state index in [-0.39, 0.29) is 0 Å². The highest BCUT2D eigenvalue weighted by atomic mass is 35.5. The minimum atomic E-state index is -0.561. The van der Waals surface area contributed by atoms with Crippen LogP contribution in [-0.4, -0.2) is 31.7 Å². The van der Waals surface area contributed by atoms with Crippen LogP contribution in [0.15, 0.2) is 41.5 Å². The molecule has 2 aromatic carbocycles. The summed E-state index contributed by atoms with van der Waals surface area (Å²) in [5.41, 5.74) is 3.45. The van der Waals surface area contributed by atoms with Gasteiger partial charge >= 0.3 is 0 Å². The van der Waals surface area contributed by atoms with Gasteiger partial charge in [-0.2, -0.15) is 5.10 Å². The van der Waals surface area contributed by atoms with Crippen molar-refractivity contribution in [1.29, 1.82) is 0 Å². The molecule has 0 radical (unpaired) electrons. The number of benzene rings is 2. The molecule has 0 heterocycles. The first kappa shape index (κ1) is 22.5. The van der Waals surface area contributed by atoms with Gasteiger partial charge in [-0.3, -0.25) is 9.59 Å². The van der Waals surface area contributed by atoms with Crippen molar-refractivity contribution in [2.75, 3.05) is 19.0 Å². The van der Waals surface area contributed by atoms with Gasteiger partial charge < -0.3 is 14.8 Å². The Labute approximate surface area is 179 Å². The number of halogens is 2. The molecule has 29 heavy (non-hydrogen) atoms. The van der Waals surface area contributed by atoms with E-state index in [1.165, 1.54) is 12.3 Å². The normalized spacial score (nSPS) is 10.6. The minimum absolute atomic E-state index is 0.306. The summed E-state index contributed by atoms with van der Waals surface area (Å²) in [6.07, 6.45) is 1.93. The highest BCUT2D eigenvalue weighted by molar-refractivity contribution is 6.42. The first-order valence-electron chi connectivity index (χ1n) is 8.80. The summed E-state index contributed by atoms with van der Waals surface area (Å²) in [5, 5.41) is 7.10. The Balaban J connectivity index is 1.86. The van der Waals surface area contributed by atoms with Gasteiger partial charge in [0.05, 0.1) is 30.0 Å². The first-order chi connectivity index (χ1) is 13.9. The van der Waals surface area contributed by atoms with Gasteiger partial charge in [0.15, 0.2) is 11.5 Å². The Morgan fingerprint density at radius 1 is 1.07 bits per heavy atom. The van der Waals surface area contributed by atoms with E-state index in [1.54, 1.807) is 37.4 Å². The minimum Gasteiger partial charge on any atom is -0.493 e. The number of hydrogen-bond acceptors (Lipinski definition) is 5. The lowest BCUT2D eigenvalue weighted by molar-refractivity contribution is -0.126. The molecule has 0 atom stereocenters. The van der Waals surface area contributed by atoms with Crippen molar-refractivity contribution in [1.82, 2.24) is 5.43 Å². The molecule has 0 spiro atoms. The summed E-state index contributed by atoms with van der Waals surface area (Å²) in [4.78, 5) is 23.8. The standard InChI is InChI=1S/C20H21Cl2N3O4/c1-3-8-29-17-7-4-13(9-18(17)28-2)12-23-25-20(27)11-19(26)24-14-5-6-15(21)16(22)10-14/h4-7,9-10,12H,3,8,11H2,1-2H3,(H,24,26)(H,25,27)/b23-12+. The fraction of sp³-hybridized carbons (Fsp3) is 0.250. The number of anilines is 1. The summed E-state index contributed by atoms with van der Waals surface area (Å²) in [7, 11) is 1.54. The Kier molecular flexibility index (Phi) is 8.76. The van der Waals surface area contributed by atoms with Crippen molar-refractivity contribution in [2.24, 2.45) is 5.10 Å².